The number of sulfonamides is 1. The number of amides is 2. The Bertz CT molecular complexity index is 1430. The summed E-state index contributed by atoms with van der Waals surface area (Å²) in [4.78, 5) is 28.6. The van der Waals surface area contributed by atoms with Gasteiger partial charge in [-0.05, 0) is 93.4 Å². The normalized spacial score (nSPS) is 12.6. The number of nitrogens with one attached hydrogen (secondary N) is 1. The summed E-state index contributed by atoms with van der Waals surface area (Å²) in [6, 6.07) is 18.3. The number of nitrogens with zero attached hydrogens (tertiary/aromatic N) is 2. The van der Waals surface area contributed by atoms with E-state index in [2.05, 4.69) is 5.32 Å². The Morgan fingerprint density at radius 1 is 0.905 bits per heavy atom. The maximum Gasteiger partial charge on any atom is 0.264 e. The van der Waals surface area contributed by atoms with Crippen LogP contribution >= 0.6 is 11.6 Å². The predicted octanol–water partition coefficient (Wildman–Crippen LogP) is 5.27. The van der Waals surface area contributed by atoms with E-state index < -0.39 is 28.5 Å². The van der Waals surface area contributed by atoms with Crippen molar-refractivity contribution in [2.24, 2.45) is 0 Å². The second-order valence-electron chi connectivity index (χ2n) is 9.76. The summed E-state index contributed by atoms with van der Waals surface area (Å²) in [5, 5.41) is 3.30. The van der Waals surface area contributed by atoms with Gasteiger partial charge in [0.05, 0.1) is 24.3 Å². The van der Waals surface area contributed by atoms with E-state index in [1.807, 2.05) is 20.8 Å². The van der Waals surface area contributed by atoms with E-state index in [0.29, 0.717) is 23.1 Å². The highest BCUT2D eigenvalue weighted by Crippen LogP contribution is 2.27. The summed E-state index contributed by atoms with van der Waals surface area (Å²) in [6.07, 6.45) is 0.718. The van der Waals surface area contributed by atoms with E-state index in [1.54, 1.807) is 62.6 Å². The molecule has 3 aromatic rings. The summed E-state index contributed by atoms with van der Waals surface area (Å²) in [7, 11) is -2.65. The van der Waals surface area contributed by atoms with Crippen molar-refractivity contribution in [3.05, 3.63) is 83.4 Å². The van der Waals surface area contributed by atoms with Crippen molar-refractivity contribution in [3.8, 4) is 11.5 Å². The number of anilines is 1. The molecule has 0 aliphatic carbocycles. The fraction of sp³-hybridized carbons (Fsp3) is 0.355. The zero-order valence-corrected chi connectivity index (χ0v) is 26.1. The Hall–Kier alpha value is -3.76. The lowest BCUT2D eigenvalue weighted by Crippen LogP contribution is -2.52. The minimum Gasteiger partial charge on any atom is -0.497 e. The van der Waals surface area contributed by atoms with Crippen molar-refractivity contribution in [1.82, 2.24) is 10.2 Å². The van der Waals surface area contributed by atoms with Gasteiger partial charge >= 0.3 is 0 Å². The molecular weight excluding hydrogens is 578 g/mol. The van der Waals surface area contributed by atoms with Crippen molar-refractivity contribution in [1.29, 1.82) is 0 Å². The van der Waals surface area contributed by atoms with Gasteiger partial charge in [0.1, 0.15) is 24.1 Å². The highest BCUT2D eigenvalue weighted by atomic mass is 35.5. The fourth-order valence-corrected chi connectivity index (χ4v) is 5.65. The molecule has 2 amide bonds. The lowest BCUT2D eigenvalue weighted by atomic mass is 10.1. The minimum absolute atomic E-state index is 0.0298. The molecule has 0 aliphatic heterocycles. The first-order chi connectivity index (χ1) is 20.0. The van der Waals surface area contributed by atoms with Gasteiger partial charge in [0, 0.05) is 17.6 Å². The molecule has 1 N–H and O–H groups in total. The Kier molecular flexibility index (Phi) is 11.6. The number of methoxy groups -OCH3 is 1. The molecule has 0 aromatic heterocycles. The monoisotopic (exact) mass is 615 g/mol. The number of rotatable bonds is 14. The Labute approximate surface area is 253 Å². The molecule has 0 radical (unpaired) electrons. The zero-order valence-electron chi connectivity index (χ0n) is 24.5. The average Bonchev–Trinajstić information content (AvgIpc) is 2.99. The molecule has 0 aliphatic rings. The van der Waals surface area contributed by atoms with Gasteiger partial charge in [-0.25, -0.2) is 8.42 Å². The van der Waals surface area contributed by atoms with E-state index >= 15 is 0 Å². The second kappa shape index (κ2) is 14.9. The van der Waals surface area contributed by atoms with Gasteiger partial charge in [0.25, 0.3) is 10.0 Å². The molecule has 226 valence electrons. The first-order valence-electron chi connectivity index (χ1n) is 13.7. The number of benzene rings is 3. The molecule has 0 spiro atoms. The van der Waals surface area contributed by atoms with Crippen LogP contribution in [0, 0.1) is 0 Å². The number of hydrogen-bond donors (Lipinski definition) is 1. The van der Waals surface area contributed by atoms with E-state index in [0.717, 1.165) is 16.3 Å². The van der Waals surface area contributed by atoms with Crippen LogP contribution in [0.3, 0.4) is 0 Å². The van der Waals surface area contributed by atoms with E-state index in [1.165, 1.54) is 29.2 Å². The molecule has 42 heavy (non-hydrogen) atoms. The fourth-order valence-electron chi connectivity index (χ4n) is 4.11. The van der Waals surface area contributed by atoms with E-state index in [4.69, 9.17) is 21.1 Å². The summed E-state index contributed by atoms with van der Waals surface area (Å²) in [6.45, 7) is 7.29. The maximum atomic E-state index is 14.0. The number of halogens is 1. The summed E-state index contributed by atoms with van der Waals surface area (Å²) >= 11 is 6.01. The number of ether oxygens (including phenoxy) is 2. The average molecular weight is 616 g/mol. The molecule has 3 aromatic carbocycles. The van der Waals surface area contributed by atoms with Crippen LogP contribution in [-0.2, 0) is 26.2 Å². The standard InChI is InChI=1S/C31H38ClN3O6S/c1-6-22(3)33-31(37)23(4)34(20-24-8-14-27(40-5)15-9-24)30(36)21-35(26-12-16-28(17-13-26)41-7-2)42(38,39)29-18-10-25(32)11-19-29/h8-19,22-23H,6-7,20-21H2,1-5H3,(H,33,37). The van der Waals surface area contributed by atoms with Crippen LogP contribution in [0.4, 0.5) is 5.69 Å². The molecule has 9 nitrogen and oxygen atoms in total. The molecule has 0 saturated carbocycles. The van der Waals surface area contributed by atoms with Gasteiger partial charge in [-0.2, -0.15) is 0 Å². The molecule has 0 fully saturated rings. The smallest absolute Gasteiger partial charge is 0.264 e. The Balaban J connectivity index is 2.02. The van der Waals surface area contributed by atoms with Crippen LogP contribution in [0.5, 0.6) is 11.5 Å². The third-order valence-corrected chi connectivity index (χ3v) is 8.84. The summed E-state index contributed by atoms with van der Waals surface area (Å²) in [5.41, 5.74) is 1.02. The number of carbonyl (C=O) groups is 2. The lowest BCUT2D eigenvalue weighted by Gasteiger charge is -2.32. The molecular formula is C31H38ClN3O6S. The highest BCUT2D eigenvalue weighted by molar-refractivity contribution is 7.92. The van der Waals surface area contributed by atoms with Crippen LogP contribution in [0.1, 0.15) is 39.7 Å². The topological polar surface area (TPSA) is 105 Å². The first kappa shape index (κ1) is 32.8. The summed E-state index contributed by atoms with van der Waals surface area (Å²) in [5.74, 6) is 0.325. The predicted molar refractivity (Wildman–Crippen MR) is 164 cm³/mol. The Morgan fingerprint density at radius 2 is 1.50 bits per heavy atom. The third-order valence-electron chi connectivity index (χ3n) is 6.80. The van der Waals surface area contributed by atoms with E-state index in [-0.39, 0.29) is 29.1 Å². The second-order valence-corrected chi connectivity index (χ2v) is 12.1. The molecule has 2 unspecified atom stereocenters. The molecule has 0 bridgehead atoms. The molecule has 2 atom stereocenters. The molecule has 3 rings (SSSR count). The molecule has 11 heteroatoms. The van der Waals surface area contributed by atoms with Gasteiger partial charge in [0.15, 0.2) is 0 Å². The minimum atomic E-state index is -4.21. The Morgan fingerprint density at radius 3 is 2.05 bits per heavy atom. The van der Waals surface area contributed by atoms with Gasteiger partial charge in [0.2, 0.25) is 11.8 Å². The molecule has 0 heterocycles. The van der Waals surface area contributed by atoms with Gasteiger partial charge in [-0.1, -0.05) is 30.7 Å². The first-order valence-corrected chi connectivity index (χ1v) is 15.6. The van der Waals surface area contributed by atoms with Gasteiger partial charge in [-0.3, -0.25) is 13.9 Å². The van der Waals surface area contributed by atoms with Crippen molar-refractivity contribution < 1.29 is 27.5 Å². The maximum absolute atomic E-state index is 14.0. The van der Waals surface area contributed by atoms with Crippen molar-refractivity contribution in [2.75, 3.05) is 24.6 Å². The highest BCUT2D eigenvalue weighted by Gasteiger charge is 2.33. The number of hydrogen-bond acceptors (Lipinski definition) is 6. The van der Waals surface area contributed by atoms with Crippen LogP contribution in [0.2, 0.25) is 5.02 Å². The lowest BCUT2D eigenvalue weighted by molar-refractivity contribution is -0.139. The van der Waals surface area contributed by atoms with Crippen molar-refractivity contribution >= 4 is 39.1 Å². The SMILES string of the molecule is CCOc1ccc(N(CC(=O)N(Cc2ccc(OC)cc2)C(C)C(=O)NC(C)CC)S(=O)(=O)c2ccc(Cl)cc2)cc1. The van der Waals surface area contributed by atoms with Gasteiger partial charge in [-0.15, -0.1) is 0 Å². The van der Waals surface area contributed by atoms with Crippen LogP contribution < -0.4 is 19.1 Å². The largest absolute Gasteiger partial charge is 0.497 e. The summed E-state index contributed by atoms with van der Waals surface area (Å²) < 4.78 is 39.6. The van der Waals surface area contributed by atoms with Crippen LogP contribution in [0.15, 0.2) is 77.7 Å². The van der Waals surface area contributed by atoms with Crippen LogP contribution in [0.25, 0.3) is 0 Å². The number of carbonyl (C=O) groups excluding carboxylic acids is 2. The molecule has 0 saturated heterocycles. The van der Waals surface area contributed by atoms with Crippen molar-refractivity contribution in [3.63, 3.8) is 0 Å². The zero-order chi connectivity index (χ0) is 30.9. The van der Waals surface area contributed by atoms with E-state index in [9.17, 15) is 18.0 Å². The third kappa shape index (κ3) is 8.39. The van der Waals surface area contributed by atoms with Crippen LogP contribution in [-0.4, -0.2) is 57.5 Å². The van der Waals surface area contributed by atoms with Gasteiger partial charge < -0.3 is 19.7 Å². The quantitative estimate of drug-likeness (QED) is 0.265. The van der Waals surface area contributed by atoms with Crippen molar-refractivity contribution in [2.45, 2.75) is 57.6 Å².